The fourth-order valence-electron chi connectivity index (χ4n) is 1.23. The number of hydrogen-bond acceptors (Lipinski definition) is 1. The van der Waals surface area contributed by atoms with E-state index < -0.39 is 0 Å². The van der Waals surface area contributed by atoms with E-state index in [0.717, 1.165) is 17.8 Å². The molecule has 0 aliphatic heterocycles. The van der Waals surface area contributed by atoms with Gasteiger partial charge in [-0.05, 0) is 31.6 Å². The lowest BCUT2D eigenvalue weighted by atomic mass is 10.2. The Labute approximate surface area is 86.2 Å². The lowest BCUT2D eigenvalue weighted by Crippen LogP contribution is -2.02. The van der Waals surface area contributed by atoms with E-state index in [4.69, 9.17) is 0 Å². The minimum Gasteiger partial charge on any atom is -0.381 e. The van der Waals surface area contributed by atoms with Crippen molar-refractivity contribution in [1.82, 2.24) is 0 Å². The van der Waals surface area contributed by atoms with Crippen LogP contribution in [0.3, 0.4) is 0 Å². The normalized spacial score (nSPS) is 9.29. The molecule has 1 rings (SSSR count). The molecule has 0 unspecified atom stereocenters. The highest BCUT2D eigenvalue weighted by Crippen LogP contribution is 2.06. The monoisotopic (exact) mass is 187 g/mol. The zero-order valence-corrected chi connectivity index (χ0v) is 8.88. The van der Waals surface area contributed by atoms with E-state index in [1.165, 1.54) is 5.57 Å². The van der Waals surface area contributed by atoms with Crippen molar-refractivity contribution in [3.63, 3.8) is 0 Å². The van der Waals surface area contributed by atoms with Crippen molar-refractivity contribution in [2.45, 2.75) is 13.8 Å². The zero-order chi connectivity index (χ0) is 10.4. The summed E-state index contributed by atoms with van der Waals surface area (Å²) in [5, 5.41) is 3.31. The van der Waals surface area contributed by atoms with E-state index in [1.54, 1.807) is 0 Å². The SMILES string of the molecule is C=C(C=C(C)C)CNc1ccccc1. The highest BCUT2D eigenvalue weighted by atomic mass is 14.9. The van der Waals surface area contributed by atoms with Crippen molar-refractivity contribution in [1.29, 1.82) is 0 Å². The third kappa shape index (κ3) is 3.94. The number of benzene rings is 1. The third-order valence-electron chi connectivity index (χ3n) is 1.79. The number of hydrogen-bond donors (Lipinski definition) is 1. The van der Waals surface area contributed by atoms with Gasteiger partial charge in [-0.2, -0.15) is 0 Å². The van der Waals surface area contributed by atoms with E-state index in [1.807, 2.05) is 18.2 Å². The number of allylic oxidation sites excluding steroid dienone is 1. The molecule has 14 heavy (non-hydrogen) atoms. The standard InChI is InChI=1S/C13H17N/c1-11(2)9-12(3)10-14-13-7-5-4-6-8-13/h4-9,14H,3,10H2,1-2H3. The maximum absolute atomic E-state index is 3.97. The summed E-state index contributed by atoms with van der Waals surface area (Å²) < 4.78 is 0. The Hall–Kier alpha value is -1.50. The Morgan fingerprint density at radius 2 is 1.93 bits per heavy atom. The first-order valence-electron chi connectivity index (χ1n) is 4.80. The van der Waals surface area contributed by atoms with Gasteiger partial charge in [-0.1, -0.05) is 36.4 Å². The molecular weight excluding hydrogens is 170 g/mol. The first kappa shape index (κ1) is 10.6. The van der Waals surface area contributed by atoms with E-state index in [-0.39, 0.29) is 0 Å². The minimum atomic E-state index is 0.801. The smallest absolute Gasteiger partial charge is 0.0394 e. The summed E-state index contributed by atoms with van der Waals surface area (Å²) in [5.41, 5.74) is 3.52. The van der Waals surface area contributed by atoms with Gasteiger partial charge in [0, 0.05) is 12.2 Å². The van der Waals surface area contributed by atoms with Crippen molar-refractivity contribution >= 4 is 5.69 Å². The van der Waals surface area contributed by atoms with Crippen LogP contribution in [0.2, 0.25) is 0 Å². The average Bonchev–Trinajstić information content (AvgIpc) is 2.15. The maximum atomic E-state index is 3.97. The summed E-state index contributed by atoms with van der Waals surface area (Å²) >= 11 is 0. The molecule has 0 bridgehead atoms. The fraction of sp³-hybridized carbons (Fsp3) is 0.231. The van der Waals surface area contributed by atoms with Gasteiger partial charge < -0.3 is 5.32 Å². The van der Waals surface area contributed by atoms with Crippen molar-refractivity contribution < 1.29 is 0 Å². The molecule has 74 valence electrons. The number of para-hydroxylation sites is 1. The van der Waals surface area contributed by atoms with Gasteiger partial charge in [0.25, 0.3) is 0 Å². The van der Waals surface area contributed by atoms with Gasteiger partial charge >= 0.3 is 0 Å². The molecule has 1 nitrogen and oxygen atoms in total. The van der Waals surface area contributed by atoms with Gasteiger partial charge in [0.1, 0.15) is 0 Å². The second kappa shape index (κ2) is 5.28. The van der Waals surface area contributed by atoms with Crippen LogP contribution in [0.15, 0.2) is 54.1 Å². The molecule has 0 aromatic heterocycles. The van der Waals surface area contributed by atoms with Gasteiger partial charge in [-0.25, -0.2) is 0 Å². The van der Waals surface area contributed by atoms with Crippen molar-refractivity contribution in [2.24, 2.45) is 0 Å². The molecule has 0 fully saturated rings. The number of nitrogens with one attached hydrogen (secondary N) is 1. The number of anilines is 1. The molecule has 0 aliphatic rings. The van der Waals surface area contributed by atoms with Crippen molar-refractivity contribution in [3.8, 4) is 0 Å². The van der Waals surface area contributed by atoms with Gasteiger partial charge in [0.15, 0.2) is 0 Å². The van der Waals surface area contributed by atoms with Gasteiger partial charge in [0.05, 0.1) is 0 Å². The largest absolute Gasteiger partial charge is 0.381 e. The molecule has 1 heteroatoms. The van der Waals surface area contributed by atoms with E-state index in [2.05, 4.69) is 44.0 Å². The van der Waals surface area contributed by atoms with Crippen LogP contribution in [0, 0.1) is 0 Å². The molecule has 1 aromatic rings. The molecule has 0 saturated heterocycles. The van der Waals surface area contributed by atoms with Crippen molar-refractivity contribution in [2.75, 3.05) is 11.9 Å². The van der Waals surface area contributed by atoms with Crippen LogP contribution in [-0.4, -0.2) is 6.54 Å². The molecule has 0 aliphatic carbocycles. The topological polar surface area (TPSA) is 12.0 Å². The van der Waals surface area contributed by atoms with Gasteiger partial charge in [-0.3, -0.25) is 0 Å². The highest BCUT2D eigenvalue weighted by Gasteiger charge is 1.91. The summed E-state index contributed by atoms with van der Waals surface area (Å²) in [5.74, 6) is 0. The first-order valence-corrected chi connectivity index (χ1v) is 4.80. The van der Waals surface area contributed by atoms with Crippen LogP contribution in [0.4, 0.5) is 5.69 Å². The van der Waals surface area contributed by atoms with Crippen molar-refractivity contribution in [3.05, 3.63) is 54.1 Å². The maximum Gasteiger partial charge on any atom is 0.0394 e. The second-order valence-electron chi connectivity index (χ2n) is 3.60. The van der Waals surface area contributed by atoms with Crippen LogP contribution >= 0.6 is 0 Å². The molecule has 0 saturated carbocycles. The summed E-state index contributed by atoms with van der Waals surface area (Å²) in [7, 11) is 0. The minimum absolute atomic E-state index is 0.801. The Kier molecular flexibility index (Phi) is 3.99. The Morgan fingerprint density at radius 3 is 2.50 bits per heavy atom. The number of rotatable bonds is 4. The molecule has 1 aromatic carbocycles. The molecule has 1 N–H and O–H groups in total. The lowest BCUT2D eigenvalue weighted by Gasteiger charge is -2.05. The second-order valence-corrected chi connectivity index (χ2v) is 3.60. The fourth-order valence-corrected chi connectivity index (χ4v) is 1.23. The summed E-state index contributed by atoms with van der Waals surface area (Å²) in [6, 6.07) is 10.2. The van der Waals surface area contributed by atoms with Gasteiger partial charge in [-0.15, -0.1) is 0 Å². The third-order valence-corrected chi connectivity index (χ3v) is 1.79. The lowest BCUT2D eigenvalue weighted by molar-refractivity contribution is 1.24. The summed E-state index contributed by atoms with van der Waals surface area (Å²) in [6.07, 6.45) is 2.09. The molecule has 0 heterocycles. The quantitative estimate of drug-likeness (QED) is 0.710. The average molecular weight is 187 g/mol. The molecule has 0 radical (unpaired) electrons. The molecule has 0 spiro atoms. The van der Waals surface area contributed by atoms with Crippen LogP contribution in [0.5, 0.6) is 0 Å². The highest BCUT2D eigenvalue weighted by molar-refractivity contribution is 5.44. The predicted octanol–water partition coefficient (Wildman–Crippen LogP) is 3.62. The molecule has 0 amide bonds. The van der Waals surface area contributed by atoms with Crippen LogP contribution in [-0.2, 0) is 0 Å². The first-order chi connectivity index (χ1) is 6.68. The zero-order valence-electron chi connectivity index (χ0n) is 8.88. The van der Waals surface area contributed by atoms with E-state index >= 15 is 0 Å². The summed E-state index contributed by atoms with van der Waals surface area (Å²) in [4.78, 5) is 0. The Balaban J connectivity index is 2.42. The van der Waals surface area contributed by atoms with Crippen LogP contribution in [0.25, 0.3) is 0 Å². The summed E-state index contributed by atoms with van der Waals surface area (Å²) in [6.45, 7) is 8.93. The van der Waals surface area contributed by atoms with Gasteiger partial charge in [0.2, 0.25) is 0 Å². The van der Waals surface area contributed by atoms with E-state index in [9.17, 15) is 0 Å². The van der Waals surface area contributed by atoms with Crippen LogP contribution < -0.4 is 5.32 Å². The molecular formula is C13H17N. The van der Waals surface area contributed by atoms with Crippen LogP contribution in [0.1, 0.15) is 13.8 Å². The van der Waals surface area contributed by atoms with E-state index in [0.29, 0.717) is 0 Å². The Bertz CT molecular complexity index is 318. The Morgan fingerprint density at radius 1 is 1.29 bits per heavy atom. The predicted molar refractivity (Wildman–Crippen MR) is 63.5 cm³/mol. The molecule has 0 atom stereocenters.